The maximum atomic E-state index is 3.97. The van der Waals surface area contributed by atoms with E-state index >= 15 is 0 Å². The molecule has 26 valence electrons. The Kier molecular flexibility index (Phi) is 2.67. The standard InChI is InChI=1S/CH6S2Si/c1-4(2)3/h2-4H,1H3. The summed E-state index contributed by atoms with van der Waals surface area (Å²) >= 11 is 7.94. The van der Waals surface area contributed by atoms with Crippen LogP contribution in [-0.2, 0) is 0 Å². The first-order valence-electron chi connectivity index (χ1n) is 1.09. The van der Waals surface area contributed by atoms with Gasteiger partial charge >= 0.3 is 0 Å². The monoisotopic (exact) mass is 110 g/mol. The summed E-state index contributed by atoms with van der Waals surface area (Å²) < 4.78 is 0. The first-order chi connectivity index (χ1) is 1.73. The number of thiol groups is 2. The Morgan fingerprint density at radius 2 is 1.50 bits per heavy atom. The molecule has 0 aromatic rings. The minimum Gasteiger partial charge on any atom is -0.194 e. The summed E-state index contributed by atoms with van der Waals surface area (Å²) in [5, 5.41) is 0. The molecule has 0 bridgehead atoms. The Labute approximate surface area is 38.3 Å². The highest BCUT2D eigenvalue weighted by molar-refractivity contribution is 8.40. The average Bonchev–Trinajstić information content (AvgIpc) is 0.811. The third-order valence-corrected chi connectivity index (χ3v) is 0. The summed E-state index contributed by atoms with van der Waals surface area (Å²) in [5.74, 6) is 0. The van der Waals surface area contributed by atoms with E-state index in [1.54, 1.807) is 0 Å². The number of rotatable bonds is 0. The Morgan fingerprint density at radius 1 is 1.50 bits per heavy atom. The summed E-state index contributed by atoms with van der Waals surface area (Å²) in [6.45, 7) is 2.03. The molecule has 0 aliphatic carbocycles. The van der Waals surface area contributed by atoms with Gasteiger partial charge in [-0.25, -0.2) is 0 Å². The molecule has 0 aromatic carbocycles. The summed E-state index contributed by atoms with van der Waals surface area (Å²) in [6, 6.07) is 0. The molecule has 0 N–H and O–H groups in total. The summed E-state index contributed by atoms with van der Waals surface area (Å²) in [6.07, 6.45) is 0. The van der Waals surface area contributed by atoms with Gasteiger partial charge in [-0.15, -0.1) is 0 Å². The zero-order chi connectivity index (χ0) is 3.58. The molecule has 0 aliphatic rings. The average molecular weight is 110 g/mol. The zero-order valence-corrected chi connectivity index (χ0v) is 5.42. The van der Waals surface area contributed by atoms with Gasteiger partial charge in [-0.2, -0.15) is 24.2 Å². The van der Waals surface area contributed by atoms with Gasteiger partial charge in [-0.3, -0.25) is 0 Å². The molecule has 0 rings (SSSR count). The molecule has 0 aliphatic heterocycles. The van der Waals surface area contributed by atoms with Crippen LogP contribution in [0.1, 0.15) is 0 Å². The van der Waals surface area contributed by atoms with Crippen molar-refractivity contribution in [3.8, 4) is 0 Å². The van der Waals surface area contributed by atoms with Crippen molar-refractivity contribution < 1.29 is 0 Å². The first-order valence-corrected chi connectivity index (χ1v) is 6.38. The van der Waals surface area contributed by atoms with E-state index in [1.807, 2.05) is 6.55 Å². The molecule has 0 unspecified atom stereocenters. The molecule has 4 heavy (non-hydrogen) atoms. The zero-order valence-electron chi connectivity index (χ0n) is 2.47. The van der Waals surface area contributed by atoms with Crippen molar-refractivity contribution in [2.75, 3.05) is 0 Å². The molecule has 0 heterocycles. The number of hydrogen-bond acceptors (Lipinski definition) is 2. The molecular formula is CH6S2Si. The third-order valence-electron chi connectivity index (χ3n) is 0. The normalized spacial score (nSPS) is 9.00. The second-order valence-electron chi connectivity index (χ2n) is 0.632. The summed E-state index contributed by atoms with van der Waals surface area (Å²) in [4.78, 5) is 0. The van der Waals surface area contributed by atoms with Crippen LogP contribution in [0.25, 0.3) is 0 Å². The lowest BCUT2D eigenvalue weighted by molar-refractivity contribution is 2.36. The van der Waals surface area contributed by atoms with E-state index in [0.29, 0.717) is 0 Å². The van der Waals surface area contributed by atoms with Crippen molar-refractivity contribution >= 4 is 31.3 Å². The van der Waals surface area contributed by atoms with Crippen LogP contribution < -0.4 is 0 Å². The highest BCUT2D eigenvalue weighted by atomic mass is 32.5. The van der Waals surface area contributed by atoms with Crippen LogP contribution in [0.3, 0.4) is 0 Å². The predicted molar refractivity (Wildman–Crippen MR) is 31.0 cm³/mol. The second kappa shape index (κ2) is 2.17. The molecule has 0 atom stereocenters. The van der Waals surface area contributed by atoms with E-state index in [1.165, 1.54) is 0 Å². The Hall–Kier alpha value is 0.917. The molecule has 0 aromatic heterocycles. The van der Waals surface area contributed by atoms with Crippen LogP contribution in [0.5, 0.6) is 0 Å². The van der Waals surface area contributed by atoms with E-state index in [-0.39, 0.29) is 0 Å². The van der Waals surface area contributed by atoms with Gasteiger partial charge in [0.1, 0.15) is 0 Å². The summed E-state index contributed by atoms with van der Waals surface area (Å²) in [5.41, 5.74) is 0. The van der Waals surface area contributed by atoms with E-state index in [9.17, 15) is 0 Å². The van der Waals surface area contributed by atoms with Gasteiger partial charge < -0.3 is 0 Å². The molecule has 0 radical (unpaired) electrons. The van der Waals surface area contributed by atoms with Crippen LogP contribution >= 0.6 is 24.2 Å². The SMILES string of the molecule is C[SiH](S)S. The molecule has 0 amide bonds. The third kappa shape index (κ3) is 12.7. The van der Waals surface area contributed by atoms with E-state index in [4.69, 9.17) is 0 Å². The van der Waals surface area contributed by atoms with E-state index < -0.39 is 7.10 Å². The fraction of sp³-hybridized carbons (Fsp3) is 1.00. The van der Waals surface area contributed by atoms with Crippen molar-refractivity contribution in [2.45, 2.75) is 6.55 Å². The minimum atomic E-state index is -0.750. The largest absolute Gasteiger partial charge is 0.194 e. The molecule has 0 nitrogen and oxygen atoms in total. The van der Waals surface area contributed by atoms with E-state index in [0.717, 1.165) is 0 Å². The predicted octanol–water partition coefficient (Wildman–Crippen LogP) is 0.696. The minimum absolute atomic E-state index is 0.750. The van der Waals surface area contributed by atoms with Gasteiger partial charge in [0.25, 0.3) is 0 Å². The van der Waals surface area contributed by atoms with Crippen LogP contribution in [-0.4, -0.2) is 7.10 Å². The lowest BCUT2D eigenvalue weighted by Gasteiger charge is -1.74. The lowest BCUT2D eigenvalue weighted by Crippen LogP contribution is -1.73. The Balaban J connectivity index is 2.32. The fourth-order valence-corrected chi connectivity index (χ4v) is 0. The summed E-state index contributed by atoms with van der Waals surface area (Å²) in [7, 11) is -0.750. The van der Waals surface area contributed by atoms with Gasteiger partial charge in [0.2, 0.25) is 0 Å². The van der Waals surface area contributed by atoms with Crippen LogP contribution in [0.15, 0.2) is 0 Å². The van der Waals surface area contributed by atoms with Crippen molar-refractivity contribution in [3.05, 3.63) is 0 Å². The molecule has 0 saturated heterocycles. The van der Waals surface area contributed by atoms with Crippen molar-refractivity contribution in [2.24, 2.45) is 0 Å². The Morgan fingerprint density at radius 3 is 1.50 bits per heavy atom. The molecule has 3 heteroatoms. The maximum absolute atomic E-state index is 3.97. The topological polar surface area (TPSA) is 0 Å². The maximum Gasteiger partial charge on any atom is 0.150 e. The van der Waals surface area contributed by atoms with Crippen molar-refractivity contribution in [3.63, 3.8) is 0 Å². The van der Waals surface area contributed by atoms with Crippen LogP contribution in [0, 0.1) is 0 Å². The van der Waals surface area contributed by atoms with E-state index in [2.05, 4.69) is 24.2 Å². The second-order valence-corrected chi connectivity index (χ2v) is 7.77. The van der Waals surface area contributed by atoms with Gasteiger partial charge in [-0.1, -0.05) is 6.55 Å². The van der Waals surface area contributed by atoms with Crippen LogP contribution in [0.4, 0.5) is 0 Å². The van der Waals surface area contributed by atoms with Gasteiger partial charge in [0.05, 0.1) is 0 Å². The van der Waals surface area contributed by atoms with Crippen molar-refractivity contribution in [1.82, 2.24) is 0 Å². The lowest BCUT2D eigenvalue weighted by atomic mass is 11.9. The smallest absolute Gasteiger partial charge is 0.150 e. The highest BCUT2D eigenvalue weighted by Crippen LogP contribution is 1.87. The number of hydrogen-bond donors (Lipinski definition) is 2. The quantitative estimate of drug-likeness (QED) is 0.333. The molecule has 0 fully saturated rings. The van der Waals surface area contributed by atoms with Gasteiger partial charge in [0, 0.05) is 0 Å². The van der Waals surface area contributed by atoms with Crippen LogP contribution in [0.2, 0.25) is 6.55 Å². The molecule has 0 spiro atoms. The molecular weight excluding hydrogens is 104 g/mol. The highest BCUT2D eigenvalue weighted by Gasteiger charge is 1.74. The fourth-order valence-electron chi connectivity index (χ4n) is 0. The van der Waals surface area contributed by atoms with Crippen molar-refractivity contribution in [1.29, 1.82) is 0 Å². The Bertz CT molecular complexity index is 10.8. The van der Waals surface area contributed by atoms with Gasteiger partial charge in [0.15, 0.2) is 7.10 Å². The molecule has 0 saturated carbocycles. The van der Waals surface area contributed by atoms with Gasteiger partial charge in [-0.05, 0) is 0 Å². The first kappa shape index (κ1) is 4.92.